The second-order valence-corrected chi connectivity index (χ2v) is 5.20. The maximum Gasteiger partial charge on any atom is 0.319 e. The van der Waals surface area contributed by atoms with E-state index in [-0.39, 0.29) is 12.4 Å². The number of halogens is 1. The lowest BCUT2D eigenvalue weighted by Crippen LogP contribution is -2.38. The van der Waals surface area contributed by atoms with Gasteiger partial charge in [0.2, 0.25) is 0 Å². The standard InChI is InChI=1S/C17H21ClO3/c1-4-17(5-2,16(20)21-6-3)15(19)12-9-13-7-10-14(18)11-8-13/h7-12H,4-6H2,1-3H3/b12-9-. The predicted molar refractivity (Wildman–Crippen MR) is 85.1 cm³/mol. The molecule has 0 saturated carbocycles. The summed E-state index contributed by atoms with van der Waals surface area (Å²) in [5.74, 6) is -0.665. The van der Waals surface area contributed by atoms with Crippen LogP contribution in [0.15, 0.2) is 30.3 Å². The molecule has 4 heteroatoms. The minimum atomic E-state index is -1.08. The fourth-order valence-corrected chi connectivity index (χ4v) is 2.29. The first-order chi connectivity index (χ1) is 10.00. The average molecular weight is 309 g/mol. The van der Waals surface area contributed by atoms with Crippen molar-refractivity contribution in [3.8, 4) is 0 Å². The second-order valence-electron chi connectivity index (χ2n) is 4.76. The Morgan fingerprint density at radius 2 is 1.71 bits per heavy atom. The zero-order valence-corrected chi connectivity index (χ0v) is 13.4. The summed E-state index contributed by atoms with van der Waals surface area (Å²) < 4.78 is 5.07. The normalized spacial score (nSPS) is 11.6. The zero-order valence-electron chi connectivity index (χ0n) is 12.7. The molecule has 1 aromatic rings. The molecule has 21 heavy (non-hydrogen) atoms. The van der Waals surface area contributed by atoms with Crippen LogP contribution in [0, 0.1) is 5.41 Å². The zero-order chi connectivity index (χ0) is 15.9. The van der Waals surface area contributed by atoms with E-state index in [1.165, 1.54) is 6.08 Å². The van der Waals surface area contributed by atoms with Crippen LogP contribution in [0.3, 0.4) is 0 Å². The summed E-state index contributed by atoms with van der Waals surface area (Å²) in [6.07, 6.45) is 3.99. The van der Waals surface area contributed by atoms with Crippen LogP contribution in [0.2, 0.25) is 5.02 Å². The Kier molecular flexibility index (Phi) is 6.63. The first-order valence-electron chi connectivity index (χ1n) is 7.15. The van der Waals surface area contributed by atoms with Crippen molar-refractivity contribution in [2.75, 3.05) is 6.61 Å². The van der Waals surface area contributed by atoms with Crippen molar-refractivity contribution in [1.29, 1.82) is 0 Å². The van der Waals surface area contributed by atoms with Crippen LogP contribution >= 0.6 is 11.6 Å². The number of allylic oxidation sites excluding steroid dienone is 1. The summed E-state index contributed by atoms with van der Waals surface area (Å²) in [5.41, 5.74) is -0.225. The van der Waals surface area contributed by atoms with Crippen molar-refractivity contribution >= 4 is 29.4 Å². The van der Waals surface area contributed by atoms with E-state index in [4.69, 9.17) is 16.3 Å². The summed E-state index contributed by atoms with van der Waals surface area (Å²) in [6, 6.07) is 7.14. The van der Waals surface area contributed by atoms with Gasteiger partial charge < -0.3 is 4.74 Å². The number of rotatable bonds is 7. The SMILES string of the molecule is CCOC(=O)C(CC)(CC)C(=O)/C=C\c1ccc(Cl)cc1. The van der Waals surface area contributed by atoms with Gasteiger partial charge in [-0.2, -0.15) is 0 Å². The summed E-state index contributed by atoms with van der Waals surface area (Å²) in [6.45, 7) is 5.67. The minimum absolute atomic E-state index is 0.221. The van der Waals surface area contributed by atoms with Gasteiger partial charge in [-0.05, 0) is 43.5 Å². The van der Waals surface area contributed by atoms with Gasteiger partial charge in [0, 0.05) is 5.02 Å². The van der Waals surface area contributed by atoms with Gasteiger partial charge in [-0.15, -0.1) is 0 Å². The Balaban J connectivity index is 2.96. The molecule has 0 bridgehead atoms. The van der Waals surface area contributed by atoms with Crippen molar-refractivity contribution < 1.29 is 14.3 Å². The molecule has 0 aliphatic rings. The van der Waals surface area contributed by atoms with E-state index < -0.39 is 11.4 Å². The van der Waals surface area contributed by atoms with Gasteiger partial charge in [0.15, 0.2) is 5.78 Å². The molecule has 0 atom stereocenters. The first kappa shape index (κ1) is 17.4. The second kappa shape index (κ2) is 7.99. The molecule has 0 radical (unpaired) electrons. The predicted octanol–water partition coefficient (Wildman–Crippen LogP) is 4.29. The van der Waals surface area contributed by atoms with Crippen molar-refractivity contribution in [3.63, 3.8) is 0 Å². The molecule has 114 valence electrons. The molecule has 0 spiro atoms. The van der Waals surface area contributed by atoms with E-state index >= 15 is 0 Å². The first-order valence-corrected chi connectivity index (χ1v) is 7.53. The lowest BCUT2D eigenvalue weighted by Gasteiger charge is -2.26. The highest BCUT2D eigenvalue weighted by Gasteiger charge is 2.42. The van der Waals surface area contributed by atoms with E-state index in [0.29, 0.717) is 17.9 Å². The van der Waals surface area contributed by atoms with Gasteiger partial charge in [0.1, 0.15) is 5.41 Å². The maximum absolute atomic E-state index is 12.5. The third-order valence-corrected chi connectivity index (χ3v) is 3.89. The fraction of sp³-hybridized carbons (Fsp3) is 0.412. The quantitative estimate of drug-likeness (QED) is 0.429. The molecule has 0 amide bonds. The van der Waals surface area contributed by atoms with Gasteiger partial charge in [-0.3, -0.25) is 9.59 Å². The number of ketones is 1. The number of hydrogen-bond donors (Lipinski definition) is 0. The summed E-state index contributed by atoms with van der Waals surface area (Å²) in [7, 11) is 0. The fourth-order valence-electron chi connectivity index (χ4n) is 2.16. The number of hydrogen-bond acceptors (Lipinski definition) is 3. The van der Waals surface area contributed by atoms with Gasteiger partial charge in [-0.1, -0.05) is 43.7 Å². The molecule has 0 fully saturated rings. The van der Waals surface area contributed by atoms with E-state index in [1.807, 2.05) is 26.0 Å². The Labute approximate surface area is 130 Å². The van der Waals surface area contributed by atoms with Crippen molar-refractivity contribution in [2.45, 2.75) is 33.6 Å². The summed E-state index contributed by atoms with van der Waals surface area (Å²) in [4.78, 5) is 24.6. The topological polar surface area (TPSA) is 43.4 Å². The molecule has 0 N–H and O–H groups in total. The van der Waals surface area contributed by atoms with Gasteiger partial charge in [0.05, 0.1) is 6.61 Å². The van der Waals surface area contributed by atoms with E-state index in [1.54, 1.807) is 25.1 Å². The monoisotopic (exact) mass is 308 g/mol. The van der Waals surface area contributed by atoms with Crippen molar-refractivity contribution in [3.05, 3.63) is 40.9 Å². The third kappa shape index (κ3) is 4.18. The molecular formula is C17H21ClO3. The molecule has 3 nitrogen and oxygen atoms in total. The van der Waals surface area contributed by atoms with Crippen LogP contribution in [-0.4, -0.2) is 18.4 Å². The molecule has 0 unspecified atom stereocenters. The number of benzene rings is 1. The average Bonchev–Trinajstić information content (AvgIpc) is 2.49. The Morgan fingerprint density at radius 3 is 2.19 bits per heavy atom. The van der Waals surface area contributed by atoms with Crippen molar-refractivity contribution in [1.82, 2.24) is 0 Å². The lowest BCUT2D eigenvalue weighted by molar-refractivity contribution is -0.159. The molecule has 0 heterocycles. The molecule has 0 aromatic heterocycles. The highest BCUT2D eigenvalue weighted by Crippen LogP contribution is 2.30. The number of carbonyl (C=O) groups excluding carboxylic acids is 2. The summed E-state index contributed by atoms with van der Waals surface area (Å²) >= 11 is 5.82. The van der Waals surface area contributed by atoms with Gasteiger partial charge in [0.25, 0.3) is 0 Å². The molecule has 1 rings (SSSR count). The Bertz CT molecular complexity index is 513. The smallest absolute Gasteiger partial charge is 0.319 e. The third-order valence-electron chi connectivity index (χ3n) is 3.64. The van der Waals surface area contributed by atoms with E-state index in [9.17, 15) is 9.59 Å². The molecular weight excluding hydrogens is 288 g/mol. The number of esters is 1. The molecule has 1 aromatic carbocycles. The number of ether oxygens (including phenoxy) is 1. The molecule has 0 aliphatic heterocycles. The Hall–Kier alpha value is -1.61. The molecule has 0 aliphatic carbocycles. The molecule has 0 saturated heterocycles. The minimum Gasteiger partial charge on any atom is -0.465 e. The highest BCUT2D eigenvalue weighted by molar-refractivity contribution is 6.30. The van der Waals surface area contributed by atoms with Crippen LogP contribution in [0.25, 0.3) is 6.08 Å². The van der Waals surface area contributed by atoms with Crippen LogP contribution in [0.5, 0.6) is 0 Å². The van der Waals surface area contributed by atoms with Gasteiger partial charge in [-0.25, -0.2) is 0 Å². The van der Waals surface area contributed by atoms with Crippen molar-refractivity contribution in [2.24, 2.45) is 5.41 Å². The largest absolute Gasteiger partial charge is 0.465 e. The van der Waals surface area contributed by atoms with E-state index in [0.717, 1.165) is 5.56 Å². The Morgan fingerprint density at radius 1 is 1.14 bits per heavy atom. The lowest BCUT2D eigenvalue weighted by atomic mass is 9.78. The van der Waals surface area contributed by atoms with Crippen LogP contribution in [0.4, 0.5) is 0 Å². The van der Waals surface area contributed by atoms with Crippen LogP contribution < -0.4 is 0 Å². The van der Waals surface area contributed by atoms with E-state index in [2.05, 4.69) is 0 Å². The maximum atomic E-state index is 12.5. The van der Waals surface area contributed by atoms with Gasteiger partial charge >= 0.3 is 5.97 Å². The van der Waals surface area contributed by atoms with Crippen LogP contribution in [-0.2, 0) is 14.3 Å². The summed E-state index contributed by atoms with van der Waals surface area (Å²) in [5, 5.41) is 0.640. The highest BCUT2D eigenvalue weighted by atomic mass is 35.5. The number of carbonyl (C=O) groups is 2. The van der Waals surface area contributed by atoms with Crippen LogP contribution in [0.1, 0.15) is 39.2 Å².